The van der Waals surface area contributed by atoms with E-state index in [0.717, 1.165) is 11.4 Å². The molecule has 0 spiro atoms. The Hall–Kier alpha value is -2.12. The topological polar surface area (TPSA) is 56.9 Å². The van der Waals surface area contributed by atoms with Crippen LogP contribution in [-0.4, -0.2) is 25.7 Å². The number of carbonyl (C=O) groups excluding carboxylic acids is 1. The van der Waals surface area contributed by atoms with Crippen LogP contribution in [-0.2, 0) is 13.6 Å². The number of rotatable bonds is 6. The maximum absolute atomic E-state index is 12.6. The van der Waals surface area contributed by atoms with Gasteiger partial charge in [0.2, 0.25) is 0 Å². The van der Waals surface area contributed by atoms with Crippen molar-refractivity contribution in [1.82, 2.24) is 14.1 Å². The van der Waals surface area contributed by atoms with Gasteiger partial charge >= 0.3 is 0 Å². The van der Waals surface area contributed by atoms with E-state index in [4.69, 9.17) is 0 Å². The number of carbonyl (C=O) groups is 1. The molecular weight excluding hydrogens is 354 g/mol. The van der Waals surface area contributed by atoms with Crippen molar-refractivity contribution < 1.29 is 4.79 Å². The van der Waals surface area contributed by atoms with Crippen LogP contribution in [0.5, 0.6) is 0 Å². The second-order valence-corrected chi connectivity index (χ2v) is 7.65. The van der Waals surface area contributed by atoms with Crippen LogP contribution in [0.15, 0.2) is 40.1 Å². The molecule has 3 aromatic heterocycles. The highest BCUT2D eigenvalue weighted by molar-refractivity contribution is 7.99. The van der Waals surface area contributed by atoms with Crippen molar-refractivity contribution in [3.05, 3.63) is 57.5 Å². The molecule has 0 aliphatic rings. The Bertz CT molecular complexity index is 1030. The normalized spacial score (nSPS) is 11.2. The second-order valence-electron chi connectivity index (χ2n) is 5.79. The molecule has 0 unspecified atom stereocenters. The fourth-order valence-corrected chi connectivity index (χ4v) is 4.46. The van der Waals surface area contributed by atoms with Crippen LogP contribution in [0.1, 0.15) is 21.7 Å². The number of allylic oxidation sites excluding steroid dienone is 1. The highest BCUT2D eigenvalue weighted by atomic mass is 32.2. The summed E-state index contributed by atoms with van der Waals surface area (Å²) < 4.78 is 4.22. The van der Waals surface area contributed by atoms with Crippen LogP contribution in [0.3, 0.4) is 0 Å². The number of thioether (sulfide) groups is 1. The molecule has 0 radical (unpaired) electrons. The summed E-state index contributed by atoms with van der Waals surface area (Å²) in [5.74, 6) is 0.280. The quantitative estimate of drug-likeness (QED) is 0.287. The average Bonchev–Trinajstić information content (AvgIpc) is 3.16. The summed E-state index contributed by atoms with van der Waals surface area (Å²) in [5, 5.41) is 2.41. The third-order valence-corrected chi connectivity index (χ3v) is 6.09. The van der Waals surface area contributed by atoms with E-state index in [2.05, 4.69) is 16.1 Å². The van der Waals surface area contributed by atoms with Crippen molar-refractivity contribution in [1.29, 1.82) is 0 Å². The van der Waals surface area contributed by atoms with Crippen LogP contribution in [0.25, 0.3) is 10.2 Å². The lowest BCUT2D eigenvalue weighted by Gasteiger charge is -2.07. The van der Waals surface area contributed by atoms with Crippen LogP contribution < -0.4 is 5.56 Å². The van der Waals surface area contributed by atoms with Crippen LogP contribution in [0, 0.1) is 13.8 Å². The highest BCUT2D eigenvalue weighted by Crippen LogP contribution is 2.23. The third-order valence-electron chi connectivity index (χ3n) is 4.16. The van der Waals surface area contributed by atoms with E-state index in [1.54, 1.807) is 7.05 Å². The summed E-state index contributed by atoms with van der Waals surface area (Å²) >= 11 is 2.68. The molecule has 3 heterocycles. The van der Waals surface area contributed by atoms with E-state index in [9.17, 15) is 9.59 Å². The molecule has 3 rings (SSSR count). The Morgan fingerprint density at radius 3 is 2.92 bits per heavy atom. The lowest BCUT2D eigenvalue weighted by Crippen LogP contribution is -2.19. The lowest BCUT2D eigenvalue weighted by atomic mass is 10.2. The van der Waals surface area contributed by atoms with Gasteiger partial charge in [-0.05, 0) is 31.4 Å². The van der Waals surface area contributed by atoms with Gasteiger partial charge in [0.1, 0.15) is 4.70 Å². The number of ketones is 1. The predicted molar refractivity (Wildman–Crippen MR) is 104 cm³/mol. The van der Waals surface area contributed by atoms with E-state index in [-0.39, 0.29) is 17.1 Å². The van der Waals surface area contributed by atoms with Gasteiger partial charge in [0.15, 0.2) is 10.9 Å². The molecule has 0 N–H and O–H groups in total. The van der Waals surface area contributed by atoms with Gasteiger partial charge in [0.25, 0.3) is 5.56 Å². The molecule has 0 aromatic carbocycles. The average molecular weight is 374 g/mol. The standard InChI is InChI=1S/C18H19N3O2S2/c1-5-7-21-11(2)9-13(12(21)3)15(22)10-25-18-19-14-6-8-24-16(14)17(23)20(18)4/h5-6,8-9H,1,7,10H2,2-4H3. The first-order valence-corrected chi connectivity index (χ1v) is 9.68. The largest absolute Gasteiger partial charge is 0.345 e. The third kappa shape index (κ3) is 3.21. The molecule has 0 amide bonds. The number of aromatic nitrogens is 3. The van der Waals surface area contributed by atoms with Gasteiger partial charge in [-0.1, -0.05) is 17.8 Å². The second kappa shape index (κ2) is 7.01. The summed E-state index contributed by atoms with van der Waals surface area (Å²) in [5.41, 5.74) is 3.31. The van der Waals surface area contributed by atoms with E-state index in [0.29, 0.717) is 27.5 Å². The first-order chi connectivity index (χ1) is 11.9. The summed E-state index contributed by atoms with van der Waals surface area (Å²) in [6, 6.07) is 3.74. The number of thiophene rings is 1. The van der Waals surface area contributed by atoms with Gasteiger partial charge in [-0.3, -0.25) is 14.2 Å². The minimum Gasteiger partial charge on any atom is -0.345 e. The van der Waals surface area contributed by atoms with E-state index in [1.165, 1.54) is 27.7 Å². The lowest BCUT2D eigenvalue weighted by molar-refractivity contribution is 0.102. The Morgan fingerprint density at radius 2 is 2.20 bits per heavy atom. The fraction of sp³-hybridized carbons (Fsp3) is 0.278. The minimum absolute atomic E-state index is 0.0353. The Balaban J connectivity index is 1.84. The molecule has 0 bridgehead atoms. The fourth-order valence-electron chi connectivity index (χ4n) is 2.80. The van der Waals surface area contributed by atoms with E-state index in [1.807, 2.05) is 37.4 Å². The summed E-state index contributed by atoms with van der Waals surface area (Å²) in [7, 11) is 1.69. The predicted octanol–water partition coefficient (Wildman–Crippen LogP) is 3.57. The zero-order chi connectivity index (χ0) is 18.1. The maximum Gasteiger partial charge on any atom is 0.271 e. The molecule has 0 aliphatic carbocycles. The molecule has 130 valence electrons. The zero-order valence-electron chi connectivity index (χ0n) is 14.4. The molecule has 5 nitrogen and oxygen atoms in total. The van der Waals surface area contributed by atoms with E-state index < -0.39 is 0 Å². The molecule has 0 saturated carbocycles. The van der Waals surface area contributed by atoms with Gasteiger partial charge in [-0.2, -0.15) is 0 Å². The molecular formula is C18H19N3O2S2. The van der Waals surface area contributed by atoms with Gasteiger partial charge in [-0.15, -0.1) is 17.9 Å². The number of nitrogens with zero attached hydrogens (tertiary/aromatic N) is 3. The molecule has 25 heavy (non-hydrogen) atoms. The van der Waals surface area contributed by atoms with Crippen LogP contribution >= 0.6 is 23.1 Å². The van der Waals surface area contributed by atoms with Gasteiger partial charge < -0.3 is 4.57 Å². The van der Waals surface area contributed by atoms with Crippen molar-refractivity contribution in [3.8, 4) is 0 Å². The first-order valence-electron chi connectivity index (χ1n) is 7.82. The minimum atomic E-state index is -0.0703. The smallest absolute Gasteiger partial charge is 0.271 e. The van der Waals surface area contributed by atoms with Gasteiger partial charge in [0.05, 0.1) is 11.3 Å². The van der Waals surface area contributed by atoms with Gasteiger partial charge in [-0.25, -0.2) is 4.98 Å². The Labute approximate surface area is 154 Å². The van der Waals surface area contributed by atoms with Crippen molar-refractivity contribution in [2.45, 2.75) is 25.5 Å². The number of hydrogen-bond donors (Lipinski definition) is 0. The highest BCUT2D eigenvalue weighted by Gasteiger charge is 2.17. The molecule has 7 heteroatoms. The van der Waals surface area contributed by atoms with E-state index >= 15 is 0 Å². The van der Waals surface area contributed by atoms with Crippen molar-refractivity contribution in [3.63, 3.8) is 0 Å². The van der Waals surface area contributed by atoms with Crippen molar-refractivity contribution in [2.24, 2.45) is 7.05 Å². The SMILES string of the molecule is C=CCn1c(C)cc(C(=O)CSc2nc3ccsc3c(=O)n2C)c1C. The van der Waals surface area contributed by atoms with Crippen molar-refractivity contribution in [2.75, 3.05) is 5.75 Å². The van der Waals surface area contributed by atoms with Gasteiger partial charge in [0, 0.05) is 30.5 Å². The number of Topliss-reactive ketones (excluding diaryl/α,β-unsaturated/α-hetero) is 1. The summed E-state index contributed by atoms with van der Waals surface area (Å²) in [4.78, 5) is 29.5. The van der Waals surface area contributed by atoms with Crippen LogP contribution in [0.4, 0.5) is 0 Å². The monoisotopic (exact) mass is 373 g/mol. The Kier molecular flexibility index (Phi) is 4.96. The first kappa shape index (κ1) is 17.7. The Morgan fingerprint density at radius 1 is 1.44 bits per heavy atom. The molecule has 0 atom stereocenters. The van der Waals surface area contributed by atoms with Crippen molar-refractivity contribution >= 4 is 39.1 Å². The molecule has 0 fully saturated rings. The zero-order valence-corrected chi connectivity index (χ0v) is 16.0. The maximum atomic E-state index is 12.6. The number of aryl methyl sites for hydroxylation is 1. The molecule has 0 aliphatic heterocycles. The summed E-state index contributed by atoms with van der Waals surface area (Å²) in [6.07, 6.45) is 1.82. The number of hydrogen-bond acceptors (Lipinski definition) is 5. The summed E-state index contributed by atoms with van der Waals surface area (Å²) in [6.45, 7) is 8.37. The molecule has 3 aromatic rings. The number of fused-ring (bicyclic) bond motifs is 1. The van der Waals surface area contributed by atoms with Crippen LogP contribution in [0.2, 0.25) is 0 Å². The molecule has 0 saturated heterocycles.